The summed E-state index contributed by atoms with van der Waals surface area (Å²) in [7, 11) is 0. The molecule has 0 aliphatic carbocycles. The quantitative estimate of drug-likeness (QED) is 0.307. The molecule has 1 aliphatic rings. The fourth-order valence-corrected chi connectivity index (χ4v) is 19.7. The number of fused-ring (bicyclic) bond motifs is 1. The van der Waals surface area contributed by atoms with E-state index in [-0.39, 0.29) is 0 Å². The number of anilines is 1. The van der Waals surface area contributed by atoms with Crippen LogP contribution in [-0.2, 0) is 0 Å². The topological polar surface area (TPSA) is 16.1 Å². The van der Waals surface area contributed by atoms with Crippen molar-refractivity contribution in [3.05, 3.63) is 121 Å². The number of nitrogens with zero attached hydrogens (tertiary/aromatic N) is 2. The Balaban J connectivity index is 1.74. The third-order valence-electron chi connectivity index (χ3n) is 7.22. The molecule has 4 aromatic carbocycles. The summed E-state index contributed by atoms with van der Waals surface area (Å²) < 4.78 is 5.79. The number of pyridine rings is 1. The Morgan fingerprint density at radius 2 is 1.09 bits per heavy atom. The zero-order valence-electron chi connectivity index (χ0n) is 19.3. The van der Waals surface area contributed by atoms with E-state index in [4.69, 9.17) is 4.98 Å². The Bertz CT molecular complexity index is 1300. The van der Waals surface area contributed by atoms with Crippen LogP contribution in [0, 0.1) is 0 Å². The van der Waals surface area contributed by atoms with E-state index in [2.05, 4.69) is 120 Å². The molecule has 0 spiro atoms. The monoisotopic (exact) mass is 548 g/mol. The van der Waals surface area contributed by atoms with Gasteiger partial charge in [0, 0.05) is 0 Å². The summed E-state index contributed by atoms with van der Waals surface area (Å²) in [5, 5.41) is 1.28. The van der Waals surface area contributed by atoms with E-state index in [1.807, 2.05) is 6.20 Å². The zero-order valence-corrected chi connectivity index (χ0v) is 22.1. The number of benzene rings is 4. The molecule has 2 heterocycles. The first-order valence-electron chi connectivity index (χ1n) is 12.2. The molecule has 0 atom stereocenters. The Labute approximate surface area is 205 Å². The molecule has 1 fully saturated rings. The van der Waals surface area contributed by atoms with Crippen LogP contribution in [0.25, 0.3) is 10.9 Å². The van der Waals surface area contributed by atoms with Crippen LogP contribution in [0.4, 0.5) is 5.69 Å². The molecule has 0 N–H and O–H groups in total. The van der Waals surface area contributed by atoms with Crippen molar-refractivity contribution in [2.75, 3.05) is 18.0 Å². The Morgan fingerprint density at radius 3 is 1.62 bits per heavy atom. The van der Waals surface area contributed by atoms with Gasteiger partial charge in [-0.05, 0) is 0 Å². The fraction of sp³-hybridized carbons (Fsp3) is 0.129. The number of aromatic nitrogens is 1. The normalized spacial score (nSPS) is 13.9. The summed E-state index contributed by atoms with van der Waals surface area (Å²) in [4.78, 5) is 7.62. The summed E-state index contributed by atoms with van der Waals surface area (Å²) in [5.74, 6) is 0. The summed E-state index contributed by atoms with van der Waals surface area (Å²) in [5.41, 5.74) is 2.50. The SMILES string of the molecule is c1cc[c]([Sn]([c]2ccccc2)([c]2ccccc2)[c]2cccc3c(N4CCCC4)ccnc23)cc1. The first-order valence-corrected chi connectivity index (χ1v) is 17.9. The van der Waals surface area contributed by atoms with Gasteiger partial charge in [0.1, 0.15) is 0 Å². The number of rotatable bonds is 5. The first-order chi connectivity index (χ1) is 16.9. The molecule has 166 valence electrons. The maximum atomic E-state index is 5.08. The fourth-order valence-electron chi connectivity index (χ4n) is 5.73. The van der Waals surface area contributed by atoms with Crippen LogP contribution in [0.3, 0.4) is 0 Å². The van der Waals surface area contributed by atoms with Crippen molar-refractivity contribution in [2.24, 2.45) is 0 Å². The van der Waals surface area contributed by atoms with Crippen LogP contribution in [0.15, 0.2) is 121 Å². The van der Waals surface area contributed by atoms with E-state index >= 15 is 0 Å². The molecule has 2 nitrogen and oxygen atoms in total. The number of hydrogen-bond acceptors (Lipinski definition) is 2. The van der Waals surface area contributed by atoms with Gasteiger partial charge in [-0.25, -0.2) is 0 Å². The van der Waals surface area contributed by atoms with Gasteiger partial charge in [-0.1, -0.05) is 0 Å². The molecule has 0 unspecified atom stereocenters. The molecule has 0 amide bonds. The minimum atomic E-state index is -3.69. The van der Waals surface area contributed by atoms with Gasteiger partial charge < -0.3 is 0 Å². The van der Waals surface area contributed by atoms with Gasteiger partial charge in [0.15, 0.2) is 0 Å². The van der Waals surface area contributed by atoms with Gasteiger partial charge in [0.2, 0.25) is 0 Å². The standard InChI is InChI=1S/C13H13N2.3C6H5.Sn/c1-2-6-12-11(5-1)13(7-8-14-12)15-9-3-4-10-15;3*1-2-4-6-5-3-1;/h1-2,5,7-8H,3-4,9-10H2;3*1-5H;. The van der Waals surface area contributed by atoms with Crippen molar-refractivity contribution in [3.63, 3.8) is 0 Å². The molecule has 1 saturated heterocycles. The van der Waals surface area contributed by atoms with E-state index < -0.39 is 18.4 Å². The third-order valence-corrected chi connectivity index (χ3v) is 20.9. The van der Waals surface area contributed by atoms with E-state index in [1.165, 1.54) is 43.7 Å². The molecule has 0 bridgehead atoms. The molecule has 1 aliphatic heterocycles. The predicted molar refractivity (Wildman–Crippen MR) is 147 cm³/mol. The molecule has 0 radical (unpaired) electrons. The number of para-hydroxylation sites is 1. The molecule has 6 rings (SSSR count). The van der Waals surface area contributed by atoms with Crippen molar-refractivity contribution in [2.45, 2.75) is 12.8 Å². The van der Waals surface area contributed by atoms with Crippen LogP contribution < -0.4 is 19.2 Å². The van der Waals surface area contributed by atoms with Gasteiger partial charge in [-0.3, -0.25) is 0 Å². The van der Waals surface area contributed by atoms with Crippen molar-refractivity contribution in [1.82, 2.24) is 4.98 Å². The third kappa shape index (κ3) is 3.52. The van der Waals surface area contributed by atoms with Gasteiger partial charge >= 0.3 is 207 Å². The van der Waals surface area contributed by atoms with E-state index in [9.17, 15) is 0 Å². The van der Waals surface area contributed by atoms with Crippen molar-refractivity contribution in [1.29, 1.82) is 0 Å². The van der Waals surface area contributed by atoms with Crippen molar-refractivity contribution in [3.8, 4) is 0 Å². The van der Waals surface area contributed by atoms with E-state index in [0.717, 1.165) is 13.1 Å². The molecule has 5 aromatic rings. The molecular weight excluding hydrogens is 519 g/mol. The Morgan fingerprint density at radius 1 is 0.559 bits per heavy atom. The van der Waals surface area contributed by atoms with Crippen molar-refractivity contribution < 1.29 is 0 Å². The molecular formula is C31H28N2Sn. The first kappa shape index (κ1) is 21.4. The van der Waals surface area contributed by atoms with Crippen LogP contribution in [-0.4, -0.2) is 36.5 Å². The second-order valence-electron chi connectivity index (χ2n) is 9.07. The van der Waals surface area contributed by atoms with Gasteiger partial charge in [-0.2, -0.15) is 0 Å². The van der Waals surface area contributed by atoms with Crippen molar-refractivity contribution >= 4 is 49.3 Å². The van der Waals surface area contributed by atoms with Gasteiger partial charge in [0.05, 0.1) is 0 Å². The van der Waals surface area contributed by atoms with E-state index in [0.29, 0.717) is 0 Å². The Hall–Kier alpha value is -3.11. The molecule has 0 saturated carbocycles. The number of hydrogen-bond donors (Lipinski definition) is 0. The van der Waals surface area contributed by atoms with Crippen LogP contribution in [0.2, 0.25) is 0 Å². The van der Waals surface area contributed by atoms with Crippen LogP contribution in [0.1, 0.15) is 12.8 Å². The summed E-state index contributed by atoms with van der Waals surface area (Å²) in [6.07, 6.45) is 4.56. The molecule has 1 aromatic heterocycles. The average Bonchev–Trinajstić information content (AvgIpc) is 3.46. The second kappa shape index (κ2) is 9.26. The van der Waals surface area contributed by atoms with Crippen LogP contribution in [0.5, 0.6) is 0 Å². The average molecular weight is 547 g/mol. The second-order valence-corrected chi connectivity index (χ2v) is 19.8. The maximum absolute atomic E-state index is 5.08. The minimum absolute atomic E-state index is 1.13. The van der Waals surface area contributed by atoms with Gasteiger partial charge in [0.25, 0.3) is 0 Å². The van der Waals surface area contributed by atoms with Gasteiger partial charge in [-0.15, -0.1) is 0 Å². The zero-order chi connectivity index (χ0) is 22.8. The summed E-state index contributed by atoms with van der Waals surface area (Å²) in [6, 6.07) is 42.8. The van der Waals surface area contributed by atoms with E-state index in [1.54, 1.807) is 0 Å². The van der Waals surface area contributed by atoms with Crippen LogP contribution >= 0.6 is 0 Å². The molecule has 3 heteroatoms. The Kier molecular flexibility index (Phi) is 5.84. The summed E-state index contributed by atoms with van der Waals surface area (Å²) >= 11 is -3.69. The summed E-state index contributed by atoms with van der Waals surface area (Å²) in [6.45, 7) is 2.27. The molecule has 34 heavy (non-hydrogen) atoms. The predicted octanol–water partition coefficient (Wildman–Crippen LogP) is 4.21.